The summed E-state index contributed by atoms with van der Waals surface area (Å²) in [6, 6.07) is 14.8. The number of halogens is 2. The lowest BCUT2D eigenvalue weighted by Gasteiger charge is -2.09. The van der Waals surface area contributed by atoms with E-state index in [1.54, 1.807) is 6.07 Å². The molecule has 0 aliphatic heterocycles. The van der Waals surface area contributed by atoms with Gasteiger partial charge in [-0.3, -0.25) is 9.78 Å². The van der Waals surface area contributed by atoms with E-state index in [-0.39, 0.29) is 11.6 Å². The molecule has 3 nitrogen and oxygen atoms in total. The number of pyridine rings is 1. The molecule has 1 amide bonds. The topological polar surface area (TPSA) is 42.0 Å². The second-order valence-electron chi connectivity index (χ2n) is 4.45. The Morgan fingerprint density at radius 1 is 1.10 bits per heavy atom. The number of aromatic nitrogens is 1. The van der Waals surface area contributed by atoms with Gasteiger partial charge in [-0.2, -0.15) is 0 Å². The Kier molecular flexibility index (Phi) is 3.90. The highest BCUT2D eigenvalue weighted by atomic mass is 79.9. The van der Waals surface area contributed by atoms with Crippen LogP contribution in [0.2, 0.25) is 5.02 Å². The smallest absolute Gasteiger partial charge is 0.274 e. The molecular weight excluding hydrogens is 352 g/mol. The Labute approximate surface area is 135 Å². The van der Waals surface area contributed by atoms with E-state index in [2.05, 4.69) is 26.2 Å². The van der Waals surface area contributed by atoms with Gasteiger partial charge in [0.15, 0.2) is 0 Å². The number of rotatable bonds is 2. The Bertz CT molecular complexity index is 835. The van der Waals surface area contributed by atoms with Gasteiger partial charge in [-0.05, 0) is 29.7 Å². The largest absolute Gasteiger partial charge is 0.320 e. The maximum absolute atomic E-state index is 12.3. The summed E-state index contributed by atoms with van der Waals surface area (Å²) in [5, 5.41) is 5.35. The first-order valence-corrected chi connectivity index (χ1v) is 7.42. The van der Waals surface area contributed by atoms with E-state index >= 15 is 0 Å². The molecule has 0 unspecified atom stereocenters. The quantitative estimate of drug-likeness (QED) is 0.705. The first-order chi connectivity index (χ1) is 10.1. The van der Waals surface area contributed by atoms with Crippen LogP contribution in [0.3, 0.4) is 0 Å². The van der Waals surface area contributed by atoms with Crippen LogP contribution in [-0.4, -0.2) is 10.9 Å². The molecule has 3 aromatic rings. The van der Waals surface area contributed by atoms with Crippen molar-refractivity contribution >= 4 is 49.9 Å². The minimum atomic E-state index is -0.287. The molecule has 5 heteroatoms. The molecular formula is C16H10BrClN2O. The van der Waals surface area contributed by atoms with Crippen LogP contribution in [0.4, 0.5) is 5.69 Å². The summed E-state index contributed by atoms with van der Waals surface area (Å²) in [6.45, 7) is 0. The number of carbonyl (C=O) groups excluding carboxylic acids is 1. The van der Waals surface area contributed by atoms with E-state index in [9.17, 15) is 4.79 Å². The van der Waals surface area contributed by atoms with Crippen molar-refractivity contribution in [2.75, 3.05) is 5.32 Å². The molecule has 0 atom stereocenters. The van der Waals surface area contributed by atoms with E-state index in [0.29, 0.717) is 5.02 Å². The molecule has 21 heavy (non-hydrogen) atoms. The number of benzene rings is 2. The van der Waals surface area contributed by atoms with Crippen LogP contribution in [0.15, 0.2) is 59.2 Å². The van der Waals surface area contributed by atoms with Gasteiger partial charge in [0.25, 0.3) is 5.91 Å². The number of hydrogen-bond donors (Lipinski definition) is 1. The van der Waals surface area contributed by atoms with Crippen LogP contribution in [-0.2, 0) is 0 Å². The molecule has 2 aromatic carbocycles. The van der Waals surface area contributed by atoms with Crippen molar-refractivity contribution in [3.63, 3.8) is 0 Å². The Hall–Kier alpha value is -1.91. The number of hydrogen-bond acceptors (Lipinski definition) is 2. The zero-order valence-electron chi connectivity index (χ0n) is 10.8. The van der Waals surface area contributed by atoms with Crippen LogP contribution in [0.25, 0.3) is 10.8 Å². The Morgan fingerprint density at radius 3 is 2.62 bits per heavy atom. The van der Waals surface area contributed by atoms with Crippen LogP contribution >= 0.6 is 27.5 Å². The average Bonchev–Trinajstić information content (AvgIpc) is 2.50. The maximum Gasteiger partial charge on any atom is 0.274 e. The lowest BCUT2D eigenvalue weighted by molar-refractivity contribution is 0.102. The van der Waals surface area contributed by atoms with Gasteiger partial charge in [0.05, 0.1) is 0 Å². The average molecular weight is 362 g/mol. The van der Waals surface area contributed by atoms with E-state index in [1.807, 2.05) is 36.4 Å². The molecule has 0 aliphatic carbocycles. The van der Waals surface area contributed by atoms with Crippen molar-refractivity contribution in [2.24, 2.45) is 0 Å². The summed E-state index contributed by atoms with van der Waals surface area (Å²) in [5.74, 6) is -0.287. The van der Waals surface area contributed by atoms with Gasteiger partial charge in [-0.1, -0.05) is 51.8 Å². The predicted octanol–water partition coefficient (Wildman–Crippen LogP) is 4.90. The fraction of sp³-hybridized carbons (Fsp3) is 0. The summed E-state index contributed by atoms with van der Waals surface area (Å²) in [5.41, 5.74) is 1.02. The summed E-state index contributed by atoms with van der Waals surface area (Å²) in [4.78, 5) is 16.3. The standard InChI is InChI=1S/C16H10BrClN2O/c17-13-5-6-14(12-4-2-1-3-11(12)13)20-16(21)15-9-10(18)7-8-19-15/h1-9H,(H,20,21). The molecule has 0 radical (unpaired) electrons. The summed E-state index contributed by atoms with van der Waals surface area (Å²) >= 11 is 9.39. The molecule has 3 rings (SSSR count). The normalized spacial score (nSPS) is 10.6. The van der Waals surface area contributed by atoms with Gasteiger partial charge in [0.2, 0.25) is 0 Å². The van der Waals surface area contributed by atoms with Crippen LogP contribution in [0, 0.1) is 0 Å². The fourth-order valence-electron chi connectivity index (χ4n) is 2.09. The zero-order valence-corrected chi connectivity index (χ0v) is 13.1. The van der Waals surface area contributed by atoms with Gasteiger partial charge in [0, 0.05) is 26.8 Å². The molecule has 1 aromatic heterocycles. The lowest BCUT2D eigenvalue weighted by atomic mass is 10.1. The van der Waals surface area contributed by atoms with Gasteiger partial charge < -0.3 is 5.32 Å². The molecule has 0 bridgehead atoms. The number of nitrogens with zero attached hydrogens (tertiary/aromatic N) is 1. The predicted molar refractivity (Wildman–Crippen MR) is 88.8 cm³/mol. The molecule has 0 fully saturated rings. The molecule has 0 aliphatic rings. The van der Waals surface area contributed by atoms with E-state index < -0.39 is 0 Å². The number of fused-ring (bicyclic) bond motifs is 1. The second kappa shape index (κ2) is 5.84. The minimum Gasteiger partial charge on any atom is -0.320 e. The first-order valence-electron chi connectivity index (χ1n) is 6.25. The maximum atomic E-state index is 12.3. The van der Waals surface area contributed by atoms with Crippen molar-refractivity contribution in [3.05, 3.63) is 69.9 Å². The third-order valence-corrected chi connectivity index (χ3v) is 4.00. The van der Waals surface area contributed by atoms with E-state index in [1.165, 1.54) is 12.3 Å². The Balaban J connectivity index is 1.99. The number of carbonyl (C=O) groups is 1. The molecule has 1 N–H and O–H groups in total. The van der Waals surface area contributed by atoms with Crippen molar-refractivity contribution in [1.82, 2.24) is 4.98 Å². The van der Waals surface area contributed by atoms with Crippen LogP contribution < -0.4 is 5.32 Å². The summed E-state index contributed by atoms with van der Waals surface area (Å²) in [7, 11) is 0. The highest BCUT2D eigenvalue weighted by Gasteiger charge is 2.11. The third-order valence-electron chi connectivity index (χ3n) is 3.07. The highest BCUT2D eigenvalue weighted by molar-refractivity contribution is 9.10. The molecule has 0 saturated heterocycles. The van der Waals surface area contributed by atoms with Gasteiger partial charge in [-0.15, -0.1) is 0 Å². The summed E-state index contributed by atoms with van der Waals surface area (Å²) < 4.78 is 0.983. The summed E-state index contributed by atoms with van der Waals surface area (Å²) in [6.07, 6.45) is 1.51. The second-order valence-corrected chi connectivity index (χ2v) is 5.74. The minimum absolute atomic E-state index is 0.287. The molecule has 104 valence electrons. The lowest BCUT2D eigenvalue weighted by Crippen LogP contribution is -2.13. The van der Waals surface area contributed by atoms with Crippen molar-refractivity contribution in [1.29, 1.82) is 0 Å². The van der Waals surface area contributed by atoms with Crippen molar-refractivity contribution < 1.29 is 4.79 Å². The zero-order chi connectivity index (χ0) is 14.8. The van der Waals surface area contributed by atoms with Crippen LogP contribution in [0.5, 0.6) is 0 Å². The fourth-order valence-corrected chi connectivity index (χ4v) is 2.72. The van der Waals surface area contributed by atoms with Crippen molar-refractivity contribution in [2.45, 2.75) is 0 Å². The monoisotopic (exact) mass is 360 g/mol. The van der Waals surface area contributed by atoms with Gasteiger partial charge in [0.1, 0.15) is 5.69 Å². The van der Waals surface area contributed by atoms with Crippen LogP contribution in [0.1, 0.15) is 10.5 Å². The highest BCUT2D eigenvalue weighted by Crippen LogP contribution is 2.30. The van der Waals surface area contributed by atoms with E-state index in [4.69, 9.17) is 11.6 Å². The van der Waals surface area contributed by atoms with Gasteiger partial charge >= 0.3 is 0 Å². The van der Waals surface area contributed by atoms with Crippen molar-refractivity contribution in [3.8, 4) is 0 Å². The number of nitrogens with one attached hydrogen (secondary N) is 1. The molecule has 0 spiro atoms. The SMILES string of the molecule is O=C(Nc1ccc(Br)c2ccccc12)c1cc(Cl)ccn1. The number of amides is 1. The van der Waals surface area contributed by atoms with E-state index in [0.717, 1.165) is 20.9 Å². The van der Waals surface area contributed by atoms with Gasteiger partial charge in [-0.25, -0.2) is 0 Å². The third kappa shape index (κ3) is 2.91. The molecule has 1 heterocycles. The Morgan fingerprint density at radius 2 is 1.86 bits per heavy atom. The molecule has 0 saturated carbocycles. The number of anilines is 1. The first kappa shape index (κ1) is 14.0.